The standard InChI is InChI=1S/C34H34ClFN4O6/c1-34(22-7-6-20(35)16-23(22)36)45-28-5-3-4-26(32(28)46-34)39-12-11-38(24-8-9-25(24)39)18-30-37-31-27(40(30)17-21-10-13-44-21)14-19(33(41)42)15-29(31)43-2/h3-7,14-16,21,24-25H,8-13,17-18H2,1-2H3,(H,41,42)/t21-,24?,25?,34?/m0/s1. The number of rotatable bonds is 8. The van der Waals surface area contributed by atoms with E-state index in [-0.39, 0.29) is 29.3 Å². The van der Waals surface area contributed by atoms with Crippen LogP contribution in [-0.4, -0.2) is 70.5 Å². The minimum atomic E-state index is -1.32. The Morgan fingerprint density at radius 3 is 2.65 bits per heavy atom. The second-order valence-corrected chi connectivity index (χ2v) is 13.0. The van der Waals surface area contributed by atoms with E-state index in [0.29, 0.717) is 40.9 Å². The van der Waals surface area contributed by atoms with Crippen molar-refractivity contribution in [2.45, 2.75) is 63.3 Å². The normalized spacial score (nSPS) is 25.2. The molecule has 3 aliphatic heterocycles. The second kappa shape index (κ2) is 11.0. The molecule has 1 aromatic heterocycles. The van der Waals surface area contributed by atoms with E-state index in [4.69, 9.17) is 35.5 Å². The third-order valence-corrected chi connectivity index (χ3v) is 10.1. The van der Waals surface area contributed by atoms with E-state index in [1.54, 1.807) is 25.1 Å². The van der Waals surface area contributed by atoms with Crippen molar-refractivity contribution < 1.29 is 33.2 Å². The number of benzene rings is 3. The quantitative estimate of drug-likeness (QED) is 0.253. The monoisotopic (exact) mass is 648 g/mol. The number of piperazine rings is 1. The summed E-state index contributed by atoms with van der Waals surface area (Å²) in [5.74, 6) is -0.313. The predicted molar refractivity (Wildman–Crippen MR) is 169 cm³/mol. The zero-order chi connectivity index (χ0) is 31.7. The van der Waals surface area contributed by atoms with Gasteiger partial charge in [-0.15, -0.1) is 0 Å². The highest BCUT2D eigenvalue weighted by Gasteiger charge is 2.47. The minimum Gasteiger partial charge on any atom is -0.494 e. The van der Waals surface area contributed by atoms with Gasteiger partial charge in [-0.25, -0.2) is 14.2 Å². The van der Waals surface area contributed by atoms with Crippen molar-refractivity contribution in [1.82, 2.24) is 14.5 Å². The number of imidazole rings is 1. The van der Waals surface area contributed by atoms with Crippen molar-refractivity contribution in [2.24, 2.45) is 0 Å². The Morgan fingerprint density at radius 1 is 1.13 bits per heavy atom. The van der Waals surface area contributed by atoms with Crippen molar-refractivity contribution in [3.63, 3.8) is 0 Å². The summed E-state index contributed by atoms with van der Waals surface area (Å²) in [6.07, 6.45) is 3.09. The molecule has 8 rings (SSSR count). The van der Waals surface area contributed by atoms with Gasteiger partial charge in [0, 0.05) is 43.7 Å². The van der Waals surface area contributed by atoms with Gasteiger partial charge in [0.15, 0.2) is 11.5 Å². The summed E-state index contributed by atoms with van der Waals surface area (Å²) in [5, 5.41) is 10.1. The Kier molecular flexibility index (Phi) is 7.04. The number of carboxylic acids is 1. The van der Waals surface area contributed by atoms with Crippen LogP contribution in [0.3, 0.4) is 0 Å². The number of anilines is 1. The van der Waals surface area contributed by atoms with Crippen LogP contribution in [0.5, 0.6) is 17.2 Å². The smallest absolute Gasteiger partial charge is 0.335 e. The number of aromatic carboxylic acids is 1. The topological polar surface area (TPSA) is 98.5 Å². The summed E-state index contributed by atoms with van der Waals surface area (Å²) in [6, 6.07) is 14.1. The molecule has 3 fully saturated rings. The largest absolute Gasteiger partial charge is 0.494 e. The maximum atomic E-state index is 15.0. The molecule has 0 amide bonds. The minimum absolute atomic E-state index is 0.0679. The molecule has 4 heterocycles. The van der Waals surface area contributed by atoms with Gasteiger partial charge in [0.1, 0.15) is 22.9 Å². The fourth-order valence-electron chi connectivity index (χ4n) is 7.28. The van der Waals surface area contributed by atoms with Crippen molar-refractivity contribution >= 4 is 34.3 Å². The first-order valence-electron chi connectivity index (χ1n) is 15.6. The third-order valence-electron chi connectivity index (χ3n) is 9.88. The molecule has 10 nitrogen and oxygen atoms in total. The van der Waals surface area contributed by atoms with Crippen molar-refractivity contribution in [3.8, 4) is 17.2 Å². The van der Waals surface area contributed by atoms with E-state index in [1.807, 2.05) is 18.2 Å². The molecular weight excluding hydrogens is 615 g/mol. The van der Waals surface area contributed by atoms with Gasteiger partial charge in [-0.05, 0) is 61.7 Å². The first-order chi connectivity index (χ1) is 22.2. The maximum absolute atomic E-state index is 15.0. The van der Waals surface area contributed by atoms with Crippen molar-refractivity contribution in [1.29, 1.82) is 0 Å². The molecule has 2 saturated heterocycles. The lowest BCUT2D eigenvalue weighted by atomic mass is 9.81. The number of hydrogen-bond acceptors (Lipinski definition) is 8. The average Bonchev–Trinajstić information content (AvgIpc) is 3.51. The van der Waals surface area contributed by atoms with Gasteiger partial charge >= 0.3 is 5.97 Å². The Morgan fingerprint density at radius 2 is 1.96 bits per heavy atom. The first kappa shape index (κ1) is 29.3. The highest BCUT2D eigenvalue weighted by atomic mass is 35.5. The summed E-state index contributed by atoms with van der Waals surface area (Å²) in [6.45, 7) is 5.21. The van der Waals surface area contributed by atoms with Crippen LogP contribution in [0, 0.1) is 5.82 Å². The fourth-order valence-corrected chi connectivity index (χ4v) is 7.44. The summed E-state index contributed by atoms with van der Waals surface area (Å²) in [4.78, 5) is 21.8. The van der Waals surface area contributed by atoms with Gasteiger partial charge in [-0.3, -0.25) is 4.90 Å². The van der Waals surface area contributed by atoms with E-state index in [0.717, 1.165) is 56.0 Å². The lowest BCUT2D eigenvalue weighted by Gasteiger charge is -2.54. The van der Waals surface area contributed by atoms with E-state index in [2.05, 4.69) is 14.4 Å². The fraction of sp³-hybridized carbons (Fsp3) is 0.412. The SMILES string of the molecule is COc1cc(C(=O)O)cc2c1nc(CN1CCN(c3cccc4c3OC(C)(c3ccc(Cl)cc3F)O4)C3CCC31)n2C[C@@H]1CCO1. The van der Waals surface area contributed by atoms with E-state index in [9.17, 15) is 14.3 Å². The zero-order valence-corrected chi connectivity index (χ0v) is 26.3. The molecule has 4 aliphatic rings. The van der Waals surface area contributed by atoms with Gasteiger partial charge in [-0.2, -0.15) is 0 Å². The number of aromatic nitrogens is 2. The van der Waals surface area contributed by atoms with Gasteiger partial charge in [0.05, 0.1) is 48.6 Å². The molecule has 46 heavy (non-hydrogen) atoms. The Bertz CT molecular complexity index is 1860. The molecule has 0 spiro atoms. The highest BCUT2D eigenvalue weighted by molar-refractivity contribution is 6.30. The number of ether oxygens (including phenoxy) is 4. The molecule has 1 saturated carbocycles. The van der Waals surface area contributed by atoms with Crippen LogP contribution in [0.15, 0.2) is 48.5 Å². The van der Waals surface area contributed by atoms with Crippen LogP contribution in [0.4, 0.5) is 10.1 Å². The van der Waals surface area contributed by atoms with Gasteiger partial charge in [-0.1, -0.05) is 17.7 Å². The number of methoxy groups -OCH3 is 1. The second-order valence-electron chi connectivity index (χ2n) is 12.5. The molecule has 12 heteroatoms. The van der Waals surface area contributed by atoms with Crippen LogP contribution in [0.1, 0.15) is 47.9 Å². The maximum Gasteiger partial charge on any atom is 0.335 e. The van der Waals surface area contributed by atoms with E-state index < -0.39 is 17.6 Å². The van der Waals surface area contributed by atoms with E-state index in [1.165, 1.54) is 19.2 Å². The molecule has 4 atom stereocenters. The zero-order valence-electron chi connectivity index (χ0n) is 25.5. The molecule has 3 aromatic carbocycles. The molecular formula is C34H34ClFN4O6. The molecule has 0 radical (unpaired) electrons. The third kappa shape index (κ3) is 4.75. The molecule has 0 bridgehead atoms. The molecule has 3 unspecified atom stereocenters. The van der Waals surface area contributed by atoms with Gasteiger partial charge in [0.2, 0.25) is 0 Å². The molecule has 4 aromatic rings. The number of nitrogens with zero attached hydrogens (tertiary/aromatic N) is 4. The number of halogens is 2. The number of hydrogen-bond donors (Lipinski definition) is 1. The van der Waals surface area contributed by atoms with Gasteiger partial charge in [0.25, 0.3) is 5.79 Å². The molecule has 1 N–H and O–H groups in total. The van der Waals surface area contributed by atoms with Crippen LogP contribution >= 0.6 is 11.6 Å². The highest BCUT2D eigenvalue weighted by Crippen LogP contribution is 2.51. The molecule has 240 valence electrons. The lowest BCUT2D eigenvalue weighted by Crippen LogP contribution is -2.64. The number of para-hydroxylation sites is 1. The summed E-state index contributed by atoms with van der Waals surface area (Å²) in [7, 11) is 1.54. The van der Waals surface area contributed by atoms with Crippen LogP contribution in [0.25, 0.3) is 11.0 Å². The van der Waals surface area contributed by atoms with Crippen LogP contribution < -0.4 is 19.1 Å². The Balaban J connectivity index is 1.07. The van der Waals surface area contributed by atoms with Crippen LogP contribution in [0.2, 0.25) is 5.02 Å². The summed E-state index contributed by atoms with van der Waals surface area (Å²) >= 11 is 6.01. The van der Waals surface area contributed by atoms with Crippen molar-refractivity contribution in [2.75, 3.05) is 31.7 Å². The number of fused-ring (bicyclic) bond motifs is 3. The number of carboxylic acid groups (broad SMARTS) is 1. The number of carbonyl (C=O) groups is 1. The predicted octanol–water partition coefficient (Wildman–Crippen LogP) is 5.82. The average molecular weight is 649 g/mol. The Hall–Kier alpha value is -4.06. The van der Waals surface area contributed by atoms with Crippen molar-refractivity contribution in [3.05, 3.63) is 76.3 Å². The summed E-state index contributed by atoms with van der Waals surface area (Å²) < 4.78 is 41.1. The lowest BCUT2D eigenvalue weighted by molar-refractivity contribution is -0.0706. The van der Waals surface area contributed by atoms with E-state index >= 15 is 0 Å². The Labute approximate surface area is 270 Å². The first-order valence-corrected chi connectivity index (χ1v) is 16.0. The van der Waals surface area contributed by atoms with Gasteiger partial charge < -0.3 is 33.5 Å². The van der Waals surface area contributed by atoms with Crippen LogP contribution in [-0.2, 0) is 23.6 Å². The summed E-state index contributed by atoms with van der Waals surface area (Å²) in [5.41, 5.74) is 2.78. The molecule has 1 aliphatic carbocycles.